The summed E-state index contributed by atoms with van der Waals surface area (Å²) in [6, 6.07) is 0. The van der Waals surface area contributed by atoms with Crippen LogP contribution < -0.4 is 0 Å². The van der Waals surface area contributed by atoms with Crippen molar-refractivity contribution >= 4 is 0 Å². The minimum absolute atomic E-state index is 0.291. The molecule has 1 N–H and O–H groups in total. The van der Waals surface area contributed by atoms with E-state index in [4.69, 9.17) is 0 Å². The highest BCUT2D eigenvalue weighted by Gasteiger charge is 2.34. The molecule has 1 aromatic heterocycles. The SMILES string of the molecule is CC(C)c1[nH]nc2c1CCC2(C)C. The lowest BCUT2D eigenvalue weighted by Crippen LogP contribution is -2.12. The maximum atomic E-state index is 4.45. The molecule has 0 saturated heterocycles. The van der Waals surface area contributed by atoms with Crippen molar-refractivity contribution in [3.8, 4) is 0 Å². The molecule has 0 spiro atoms. The standard InChI is InChI=1S/C11H18N2/c1-7(2)9-8-5-6-11(3,4)10(8)13-12-9/h7H,5-6H2,1-4H3,(H,12,13). The Labute approximate surface area is 79.7 Å². The van der Waals surface area contributed by atoms with Crippen LogP contribution in [0.5, 0.6) is 0 Å². The lowest BCUT2D eigenvalue weighted by Gasteiger charge is -2.14. The average Bonchev–Trinajstić information content (AvgIpc) is 2.52. The predicted molar refractivity (Wildman–Crippen MR) is 54.0 cm³/mol. The second-order valence-electron chi connectivity index (χ2n) is 5.00. The van der Waals surface area contributed by atoms with Crippen molar-refractivity contribution in [3.05, 3.63) is 17.0 Å². The molecule has 1 aromatic rings. The van der Waals surface area contributed by atoms with E-state index in [1.54, 1.807) is 0 Å². The highest BCUT2D eigenvalue weighted by Crippen LogP contribution is 2.39. The van der Waals surface area contributed by atoms with Crippen LogP contribution in [0.25, 0.3) is 0 Å². The van der Waals surface area contributed by atoms with Crippen LogP contribution in [0, 0.1) is 0 Å². The van der Waals surface area contributed by atoms with Crippen molar-refractivity contribution in [3.63, 3.8) is 0 Å². The molecule has 0 unspecified atom stereocenters. The molecule has 0 aromatic carbocycles. The molecule has 0 fully saturated rings. The summed E-state index contributed by atoms with van der Waals surface area (Å²) in [4.78, 5) is 0. The minimum atomic E-state index is 0.291. The van der Waals surface area contributed by atoms with E-state index in [1.807, 2.05) is 0 Å². The number of hydrogen-bond acceptors (Lipinski definition) is 1. The van der Waals surface area contributed by atoms with Crippen LogP contribution in [0.3, 0.4) is 0 Å². The molecular formula is C11H18N2. The molecule has 1 aliphatic carbocycles. The zero-order valence-electron chi connectivity index (χ0n) is 8.94. The van der Waals surface area contributed by atoms with Gasteiger partial charge in [0, 0.05) is 11.1 Å². The van der Waals surface area contributed by atoms with Gasteiger partial charge in [-0.2, -0.15) is 5.10 Å². The number of fused-ring (bicyclic) bond motifs is 1. The van der Waals surface area contributed by atoms with Crippen molar-refractivity contribution in [2.75, 3.05) is 0 Å². The summed E-state index contributed by atoms with van der Waals surface area (Å²) in [5.74, 6) is 0.574. The number of nitrogens with zero attached hydrogens (tertiary/aromatic N) is 1. The fourth-order valence-electron chi connectivity index (χ4n) is 2.22. The molecule has 0 atom stereocenters. The van der Waals surface area contributed by atoms with Crippen molar-refractivity contribution in [1.82, 2.24) is 10.2 Å². The predicted octanol–water partition coefficient (Wildman–Crippen LogP) is 2.76. The zero-order chi connectivity index (χ0) is 9.64. The first-order chi connectivity index (χ1) is 6.02. The van der Waals surface area contributed by atoms with E-state index >= 15 is 0 Å². The van der Waals surface area contributed by atoms with Gasteiger partial charge in [0.25, 0.3) is 0 Å². The Kier molecular flexibility index (Phi) is 1.76. The lowest BCUT2D eigenvalue weighted by atomic mass is 9.91. The number of aromatic amines is 1. The van der Waals surface area contributed by atoms with Gasteiger partial charge in [-0.15, -0.1) is 0 Å². The van der Waals surface area contributed by atoms with Crippen LogP contribution >= 0.6 is 0 Å². The van der Waals surface area contributed by atoms with E-state index in [-0.39, 0.29) is 0 Å². The van der Waals surface area contributed by atoms with E-state index in [9.17, 15) is 0 Å². The maximum absolute atomic E-state index is 4.45. The molecule has 1 aliphatic rings. The van der Waals surface area contributed by atoms with E-state index < -0.39 is 0 Å². The van der Waals surface area contributed by atoms with Gasteiger partial charge in [-0.25, -0.2) is 0 Å². The molecule has 2 heteroatoms. The van der Waals surface area contributed by atoms with Gasteiger partial charge in [0.15, 0.2) is 0 Å². The third kappa shape index (κ3) is 1.19. The molecule has 0 bridgehead atoms. The Morgan fingerprint density at radius 2 is 2.08 bits per heavy atom. The van der Waals surface area contributed by atoms with Crippen LogP contribution in [0.4, 0.5) is 0 Å². The second-order valence-corrected chi connectivity index (χ2v) is 5.00. The average molecular weight is 178 g/mol. The maximum Gasteiger partial charge on any atom is 0.0713 e. The Morgan fingerprint density at radius 1 is 1.38 bits per heavy atom. The molecule has 0 aliphatic heterocycles. The van der Waals surface area contributed by atoms with Crippen LogP contribution in [0.15, 0.2) is 0 Å². The third-order valence-corrected chi connectivity index (χ3v) is 3.12. The first-order valence-electron chi connectivity index (χ1n) is 5.10. The quantitative estimate of drug-likeness (QED) is 0.703. The van der Waals surface area contributed by atoms with Crippen LogP contribution in [0.1, 0.15) is 57.0 Å². The highest BCUT2D eigenvalue weighted by molar-refractivity contribution is 5.37. The number of nitrogens with one attached hydrogen (secondary N) is 1. The van der Waals surface area contributed by atoms with Gasteiger partial charge in [-0.3, -0.25) is 5.10 Å². The Bertz CT molecular complexity index is 321. The van der Waals surface area contributed by atoms with Crippen LogP contribution in [0.2, 0.25) is 0 Å². The smallest absolute Gasteiger partial charge is 0.0713 e. The van der Waals surface area contributed by atoms with Gasteiger partial charge >= 0.3 is 0 Å². The molecule has 1 heterocycles. The Balaban J connectivity index is 2.48. The molecule has 0 amide bonds. The summed E-state index contributed by atoms with van der Waals surface area (Å²) in [6.45, 7) is 9.01. The molecule has 72 valence electrons. The summed E-state index contributed by atoms with van der Waals surface area (Å²) in [5, 5.41) is 7.63. The lowest BCUT2D eigenvalue weighted by molar-refractivity contribution is 0.503. The third-order valence-electron chi connectivity index (χ3n) is 3.12. The topological polar surface area (TPSA) is 28.7 Å². The molecule has 0 saturated carbocycles. The van der Waals surface area contributed by atoms with Crippen molar-refractivity contribution < 1.29 is 0 Å². The monoisotopic (exact) mass is 178 g/mol. The summed E-state index contributed by atoms with van der Waals surface area (Å²) < 4.78 is 0. The Morgan fingerprint density at radius 3 is 2.69 bits per heavy atom. The molecule has 2 nitrogen and oxygen atoms in total. The zero-order valence-corrected chi connectivity index (χ0v) is 8.94. The number of aromatic nitrogens is 2. The first kappa shape index (κ1) is 8.79. The van der Waals surface area contributed by atoms with Gasteiger partial charge < -0.3 is 0 Å². The highest BCUT2D eigenvalue weighted by atomic mass is 15.1. The van der Waals surface area contributed by atoms with E-state index in [2.05, 4.69) is 37.9 Å². The van der Waals surface area contributed by atoms with E-state index in [0.29, 0.717) is 11.3 Å². The summed E-state index contributed by atoms with van der Waals surface area (Å²) in [6.07, 6.45) is 2.45. The largest absolute Gasteiger partial charge is 0.282 e. The molecule has 0 radical (unpaired) electrons. The van der Waals surface area contributed by atoms with Gasteiger partial charge in [-0.05, 0) is 24.3 Å². The molecule has 13 heavy (non-hydrogen) atoms. The second kappa shape index (κ2) is 2.60. The summed E-state index contributed by atoms with van der Waals surface area (Å²) in [7, 11) is 0. The van der Waals surface area contributed by atoms with Crippen molar-refractivity contribution in [2.24, 2.45) is 0 Å². The van der Waals surface area contributed by atoms with Gasteiger partial charge in [-0.1, -0.05) is 27.7 Å². The summed E-state index contributed by atoms with van der Waals surface area (Å²) in [5.41, 5.74) is 4.43. The molecular weight excluding hydrogens is 160 g/mol. The fourth-order valence-corrected chi connectivity index (χ4v) is 2.22. The van der Waals surface area contributed by atoms with Crippen molar-refractivity contribution in [1.29, 1.82) is 0 Å². The number of hydrogen-bond donors (Lipinski definition) is 1. The number of H-pyrrole nitrogens is 1. The summed E-state index contributed by atoms with van der Waals surface area (Å²) >= 11 is 0. The van der Waals surface area contributed by atoms with Crippen LogP contribution in [-0.4, -0.2) is 10.2 Å². The van der Waals surface area contributed by atoms with Gasteiger partial charge in [0.1, 0.15) is 0 Å². The fraction of sp³-hybridized carbons (Fsp3) is 0.727. The van der Waals surface area contributed by atoms with Crippen molar-refractivity contribution in [2.45, 2.75) is 51.9 Å². The van der Waals surface area contributed by atoms with Gasteiger partial charge in [0.2, 0.25) is 0 Å². The van der Waals surface area contributed by atoms with E-state index in [1.165, 1.54) is 29.8 Å². The number of rotatable bonds is 1. The minimum Gasteiger partial charge on any atom is -0.282 e. The normalized spacial score (nSPS) is 19.5. The van der Waals surface area contributed by atoms with Crippen LogP contribution in [-0.2, 0) is 11.8 Å². The van der Waals surface area contributed by atoms with E-state index in [0.717, 1.165) is 0 Å². The first-order valence-corrected chi connectivity index (χ1v) is 5.10. The van der Waals surface area contributed by atoms with Gasteiger partial charge in [0.05, 0.1) is 5.69 Å². The molecule has 2 rings (SSSR count). The Hall–Kier alpha value is -0.790.